The second-order valence-corrected chi connectivity index (χ2v) is 5.56. The van der Waals surface area contributed by atoms with E-state index in [4.69, 9.17) is 4.74 Å². The van der Waals surface area contributed by atoms with Gasteiger partial charge in [-0.3, -0.25) is 9.78 Å². The predicted octanol–water partition coefficient (Wildman–Crippen LogP) is 4.11. The average Bonchev–Trinajstić information content (AvgIpc) is 2.43. The Bertz CT molecular complexity index is 708. The van der Waals surface area contributed by atoms with Crippen LogP contribution in [-0.4, -0.2) is 11.0 Å². The van der Waals surface area contributed by atoms with E-state index < -0.39 is 0 Å². The van der Waals surface area contributed by atoms with Gasteiger partial charge in [0.2, 0.25) is 0 Å². The second kappa shape index (κ2) is 5.80. The summed E-state index contributed by atoms with van der Waals surface area (Å²) in [5.41, 5.74) is 2.84. The van der Waals surface area contributed by atoms with Gasteiger partial charge in [0.1, 0.15) is 11.6 Å². The van der Waals surface area contributed by atoms with Crippen molar-refractivity contribution in [2.45, 2.75) is 41.0 Å². The first-order chi connectivity index (χ1) is 9.85. The van der Waals surface area contributed by atoms with Crippen LogP contribution in [0.2, 0.25) is 0 Å². The zero-order valence-electron chi connectivity index (χ0n) is 13.1. The first-order valence-electron chi connectivity index (χ1n) is 7.16. The summed E-state index contributed by atoms with van der Waals surface area (Å²) in [4.78, 5) is 16.5. The molecule has 0 aliphatic rings. The standard InChI is InChI=1S/C17H20FNO2/c1-6-14-11(5)16(21-17(20)9(2)3)12-8-13(18)10(4)7-15(12)19-14/h7-9H,6H2,1-5H3. The molecule has 0 saturated carbocycles. The molecule has 1 aromatic carbocycles. The number of carbonyl (C=O) groups excluding carboxylic acids is 1. The molecule has 2 aromatic rings. The van der Waals surface area contributed by atoms with E-state index in [-0.39, 0.29) is 17.7 Å². The van der Waals surface area contributed by atoms with Gasteiger partial charge in [0, 0.05) is 16.6 Å². The lowest BCUT2D eigenvalue weighted by atomic mass is 10.0. The van der Waals surface area contributed by atoms with E-state index in [2.05, 4.69) is 4.98 Å². The van der Waals surface area contributed by atoms with Crippen molar-refractivity contribution in [1.29, 1.82) is 0 Å². The van der Waals surface area contributed by atoms with Crippen LogP contribution in [0.15, 0.2) is 12.1 Å². The number of esters is 1. The number of nitrogens with zero attached hydrogens (tertiary/aromatic N) is 1. The highest BCUT2D eigenvalue weighted by molar-refractivity contribution is 5.90. The van der Waals surface area contributed by atoms with Crippen molar-refractivity contribution in [3.8, 4) is 5.75 Å². The molecule has 0 unspecified atom stereocenters. The molecular weight excluding hydrogens is 269 g/mol. The van der Waals surface area contributed by atoms with Crippen LogP contribution in [0.3, 0.4) is 0 Å². The molecule has 1 aromatic heterocycles. The van der Waals surface area contributed by atoms with Crippen molar-refractivity contribution >= 4 is 16.9 Å². The highest BCUT2D eigenvalue weighted by Crippen LogP contribution is 2.32. The third-order valence-electron chi connectivity index (χ3n) is 3.56. The topological polar surface area (TPSA) is 39.2 Å². The van der Waals surface area contributed by atoms with Crippen molar-refractivity contribution in [3.05, 3.63) is 34.8 Å². The summed E-state index contributed by atoms with van der Waals surface area (Å²) in [6, 6.07) is 3.09. The number of pyridine rings is 1. The van der Waals surface area contributed by atoms with Gasteiger partial charge < -0.3 is 4.74 Å². The molecular formula is C17H20FNO2. The Hall–Kier alpha value is -1.97. The van der Waals surface area contributed by atoms with Crippen molar-refractivity contribution in [3.63, 3.8) is 0 Å². The zero-order chi connectivity index (χ0) is 15.7. The Morgan fingerprint density at radius 2 is 2.00 bits per heavy atom. The summed E-state index contributed by atoms with van der Waals surface area (Å²) in [5.74, 6) is -0.467. The van der Waals surface area contributed by atoms with Crippen molar-refractivity contribution in [1.82, 2.24) is 4.98 Å². The van der Waals surface area contributed by atoms with Crippen LogP contribution in [-0.2, 0) is 11.2 Å². The molecule has 21 heavy (non-hydrogen) atoms. The van der Waals surface area contributed by atoms with Gasteiger partial charge in [-0.15, -0.1) is 0 Å². The largest absolute Gasteiger partial charge is 0.425 e. The maximum Gasteiger partial charge on any atom is 0.313 e. The van der Waals surface area contributed by atoms with Gasteiger partial charge in [0.25, 0.3) is 0 Å². The van der Waals surface area contributed by atoms with E-state index in [1.807, 2.05) is 13.8 Å². The van der Waals surface area contributed by atoms with E-state index in [0.29, 0.717) is 22.2 Å². The van der Waals surface area contributed by atoms with E-state index in [9.17, 15) is 9.18 Å². The third kappa shape index (κ3) is 2.89. The molecule has 0 amide bonds. The van der Waals surface area contributed by atoms with Gasteiger partial charge in [-0.2, -0.15) is 0 Å². The van der Waals surface area contributed by atoms with Crippen LogP contribution in [0, 0.1) is 25.6 Å². The number of fused-ring (bicyclic) bond motifs is 1. The first kappa shape index (κ1) is 15.4. The molecule has 0 bridgehead atoms. The maximum atomic E-state index is 13.9. The Morgan fingerprint density at radius 1 is 1.33 bits per heavy atom. The molecule has 1 heterocycles. The average molecular weight is 289 g/mol. The lowest BCUT2D eigenvalue weighted by molar-refractivity contribution is -0.137. The number of carbonyl (C=O) groups is 1. The molecule has 0 aliphatic heterocycles. The first-order valence-corrected chi connectivity index (χ1v) is 7.16. The SMILES string of the molecule is CCc1nc2cc(C)c(F)cc2c(OC(=O)C(C)C)c1C. The van der Waals surface area contributed by atoms with Crippen LogP contribution >= 0.6 is 0 Å². The fourth-order valence-electron chi connectivity index (χ4n) is 2.20. The summed E-state index contributed by atoms with van der Waals surface area (Å²) in [5, 5.41) is 0.543. The molecule has 3 nitrogen and oxygen atoms in total. The van der Waals surface area contributed by atoms with Crippen LogP contribution in [0.4, 0.5) is 4.39 Å². The molecule has 0 aliphatic carbocycles. The highest BCUT2D eigenvalue weighted by atomic mass is 19.1. The van der Waals surface area contributed by atoms with Gasteiger partial charge in [-0.1, -0.05) is 20.8 Å². The molecule has 0 N–H and O–H groups in total. The number of benzene rings is 1. The molecule has 0 atom stereocenters. The zero-order valence-corrected chi connectivity index (χ0v) is 13.1. The molecule has 0 saturated heterocycles. The number of aromatic nitrogens is 1. The monoisotopic (exact) mass is 289 g/mol. The minimum Gasteiger partial charge on any atom is -0.425 e. The quantitative estimate of drug-likeness (QED) is 0.798. The summed E-state index contributed by atoms with van der Waals surface area (Å²) < 4.78 is 19.4. The summed E-state index contributed by atoms with van der Waals surface area (Å²) in [6.45, 7) is 9.08. The number of ether oxygens (including phenoxy) is 1. The van der Waals surface area contributed by atoms with Gasteiger partial charge in [0.05, 0.1) is 11.4 Å². The van der Waals surface area contributed by atoms with E-state index in [0.717, 1.165) is 17.7 Å². The lowest BCUT2D eigenvalue weighted by Crippen LogP contribution is -2.16. The van der Waals surface area contributed by atoms with Crippen molar-refractivity contribution in [2.75, 3.05) is 0 Å². The second-order valence-electron chi connectivity index (χ2n) is 5.56. The van der Waals surface area contributed by atoms with Crippen LogP contribution in [0.25, 0.3) is 10.9 Å². The Morgan fingerprint density at radius 3 is 2.57 bits per heavy atom. The smallest absolute Gasteiger partial charge is 0.313 e. The molecule has 0 fully saturated rings. The summed E-state index contributed by atoms with van der Waals surface area (Å²) in [6.07, 6.45) is 0.727. The Kier molecular flexibility index (Phi) is 4.26. The van der Waals surface area contributed by atoms with E-state index in [1.54, 1.807) is 26.8 Å². The molecule has 4 heteroatoms. The van der Waals surface area contributed by atoms with Gasteiger partial charge in [0.15, 0.2) is 0 Å². The normalized spacial score (nSPS) is 11.2. The fourth-order valence-corrected chi connectivity index (χ4v) is 2.20. The number of hydrogen-bond acceptors (Lipinski definition) is 3. The van der Waals surface area contributed by atoms with Crippen LogP contribution < -0.4 is 4.74 Å². The Labute approximate surface area is 124 Å². The third-order valence-corrected chi connectivity index (χ3v) is 3.56. The summed E-state index contributed by atoms with van der Waals surface area (Å²) >= 11 is 0. The van der Waals surface area contributed by atoms with Gasteiger partial charge in [-0.25, -0.2) is 4.39 Å². The van der Waals surface area contributed by atoms with Crippen molar-refractivity contribution < 1.29 is 13.9 Å². The fraction of sp³-hybridized carbons (Fsp3) is 0.412. The number of halogens is 1. The minimum atomic E-state index is -0.325. The Balaban J connectivity index is 2.72. The number of hydrogen-bond donors (Lipinski definition) is 0. The van der Waals surface area contributed by atoms with Crippen LogP contribution in [0.1, 0.15) is 37.6 Å². The highest BCUT2D eigenvalue weighted by Gasteiger charge is 2.18. The van der Waals surface area contributed by atoms with Gasteiger partial charge >= 0.3 is 5.97 Å². The van der Waals surface area contributed by atoms with Gasteiger partial charge in [-0.05, 0) is 38.0 Å². The molecule has 0 radical (unpaired) electrons. The molecule has 112 valence electrons. The minimum absolute atomic E-state index is 0.243. The van der Waals surface area contributed by atoms with Crippen molar-refractivity contribution in [2.24, 2.45) is 5.92 Å². The predicted molar refractivity (Wildman–Crippen MR) is 81.0 cm³/mol. The maximum absolute atomic E-state index is 13.9. The number of aryl methyl sites for hydroxylation is 2. The number of rotatable bonds is 3. The van der Waals surface area contributed by atoms with E-state index in [1.165, 1.54) is 6.07 Å². The summed E-state index contributed by atoms with van der Waals surface area (Å²) in [7, 11) is 0. The van der Waals surface area contributed by atoms with E-state index >= 15 is 0 Å². The van der Waals surface area contributed by atoms with Crippen LogP contribution in [0.5, 0.6) is 5.75 Å². The molecule has 0 spiro atoms. The lowest BCUT2D eigenvalue weighted by Gasteiger charge is -2.15. The molecule has 2 rings (SSSR count).